The molecule has 7 atom stereocenters. The van der Waals surface area contributed by atoms with Crippen LogP contribution in [0.2, 0.25) is 0 Å². The van der Waals surface area contributed by atoms with E-state index in [1.165, 1.54) is 6.92 Å². The zero-order valence-electron chi connectivity index (χ0n) is 17.5. The molecule has 0 amide bonds. The number of rotatable bonds is 2. The van der Waals surface area contributed by atoms with Crippen molar-refractivity contribution in [3.8, 4) is 11.8 Å². The van der Waals surface area contributed by atoms with E-state index in [1.807, 2.05) is 6.92 Å². The Morgan fingerprint density at radius 2 is 2.03 bits per heavy atom. The number of alkyl halides is 2. The topological polar surface area (TPSA) is 43.4 Å². The molecule has 0 radical (unpaired) electrons. The molecule has 0 N–H and O–H groups in total. The van der Waals surface area contributed by atoms with Crippen LogP contribution in [0, 0.1) is 46.8 Å². The molecular weight excluding hydrogens is 374 g/mol. The second-order valence-corrected chi connectivity index (χ2v) is 9.67. The number of allylic oxidation sites excluding steroid dienone is 1. The molecule has 0 heterocycles. The summed E-state index contributed by atoms with van der Waals surface area (Å²) in [5, 5.41) is 0. The van der Waals surface area contributed by atoms with Gasteiger partial charge in [0.2, 0.25) is 6.43 Å². The van der Waals surface area contributed by atoms with Crippen LogP contribution in [0.25, 0.3) is 0 Å². The Hall–Kier alpha value is -1.70. The standard InChI is InChI=1S/C24H30F2O3/c1-4-10-24(29-14(2)27)11-9-20-18-7-5-15-12-16(28)6-8-17(15)21(18)19(22(25)26)13-23(20,24)3/h12,17-22H,5-9,11,13H2,1-3H3/t17-,18-,19-,20-,21+,23-,24-/m0/s1. The average molecular weight is 404 g/mol. The lowest BCUT2D eigenvalue weighted by atomic mass is 9.47. The third kappa shape index (κ3) is 3.05. The van der Waals surface area contributed by atoms with E-state index >= 15 is 0 Å². The molecule has 0 saturated heterocycles. The Balaban J connectivity index is 1.77. The smallest absolute Gasteiger partial charge is 0.304 e. The molecule has 0 unspecified atom stereocenters. The molecule has 3 fully saturated rings. The maximum atomic E-state index is 14.4. The summed E-state index contributed by atoms with van der Waals surface area (Å²) in [5.41, 5.74) is -0.459. The van der Waals surface area contributed by atoms with Crippen LogP contribution in [0.1, 0.15) is 65.7 Å². The summed E-state index contributed by atoms with van der Waals surface area (Å²) in [7, 11) is 0. The van der Waals surface area contributed by atoms with Gasteiger partial charge in [-0.05, 0) is 75.2 Å². The Kier molecular flexibility index (Phi) is 5.12. The van der Waals surface area contributed by atoms with Crippen molar-refractivity contribution in [3.63, 3.8) is 0 Å². The zero-order chi connectivity index (χ0) is 21.0. The quantitative estimate of drug-likeness (QED) is 0.483. The highest BCUT2D eigenvalue weighted by atomic mass is 19.3. The van der Waals surface area contributed by atoms with Crippen molar-refractivity contribution in [2.75, 3.05) is 0 Å². The normalized spacial score (nSPS) is 43.4. The summed E-state index contributed by atoms with van der Waals surface area (Å²) < 4.78 is 34.7. The first-order valence-corrected chi connectivity index (χ1v) is 10.9. The summed E-state index contributed by atoms with van der Waals surface area (Å²) in [6, 6.07) is 0. The second kappa shape index (κ2) is 7.22. The number of ether oxygens (including phenoxy) is 1. The third-order valence-electron chi connectivity index (χ3n) is 8.44. The molecule has 0 aromatic rings. The van der Waals surface area contributed by atoms with E-state index in [0.717, 1.165) is 24.8 Å². The maximum absolute atomic E-state index is 14.4. The number of hydrogen-bond donors (Lipinski definition) is 0. The SMILES string of the molecule is CC#C[C@]1(OC(C)=O)CC[C@H]2[C@@H]3CCC4=CC(=O)CC[C@@H]4[C@H]3[C@@H](C(F)F)C[C@@]21C. The van der Waals surface area contributed by atoms with Crippen LogP contribution in [-0.2, 0) is 14.3 Å². The number of carbonyl (C=O) groups is 2. The summed E-state index contributed by atoms with van der Waals surface area (Å²) in [6.07, 6.45) is 3.90. The summed E-state index contributed by atoms with van der Waals surface area (Å²) in [4.78, 5) is 23.8. The van der Waals surface area contributed by atoms with Crippen molar-refractivity contribution in [3.05, 3.63) is 11.6 Å². The molecule has 0 bridgehead atoms. The first-order chi connectivity index (χ1) is 13.7. The molecule has 3 saturated carbocycles. The summed E-state index contributed by atoms with van der Waals surface area (Å²) in [5.74, 6) is 5.43. The number of fused-ring (bicyclic) bond motifs is 5. The predicted octanol–water partition coefficient (Wildman–Crippen LogP) is 4.94. The summed E-state index contributed by atoms with van der Waals surface area (Å²) in [6.45, 7) is 5.12. The van der Waals surface area contributed by atoms with E-state index in [4.69, 9.17) is 4.74 Å². The molecule has 0 aromatic heterocycles. The lowest BCUT2D eigenvalue weighted by molar-refractivity contribution is -0.178. The minimum atomic E-state index is -2.43. The number of esters is 1. The number of carbonyl (C=O) groups excluding carboxylic acids is 2. The van der Waals surface area contributed by atoms with Crippen LogP contribution in [0.15, 0.2) is 11.6 Å². The molecule has 29 heavy (non-hydrogen) atoms. The van der Waals surface area contributed by atoms with Gasteiger partial charge in [-0.25, -0.2) is 8.78 Å². The van der Waals surface area contributed by atoms with Gasteiger partial charge in [0.05, 0.1) is 0 Å². The van der Waals surface area contributed by atoms with E-state index in [-0.39, 0.29) is 29.5 Å². The van der Waals surface area contributed by atoms with Crippen LogP contribution in [0.4, 0.5) is 8.78 Å². The highest BCUT2D eigenvalue weighted by Crippen LogP contribution is 2.67. The van der Waals surface area contributed by atoms with Gasteiger partial charge >= 0.3 is 5.97 Å². The van der Waals surface area contributed by atoms with E-state index < -0.39 is 29.3 Å². The molecular formula is C24H30F2O3. The Morgan fingerprint density at radius 1 is 1.28 bits per heavy atom. The van der Waals surface area contributed by atoms with Crippen molar-refractivity contribution in [2.24, 2.45) is 35.0 Å². The van der Waals surface area contributed by atoms with Gasteiger partial charge in [0, 0.05) is 24.7 Å². The van der Waals surface area contributed by atoms with Gasteiger partial charge in [-0.15, -0.1) is 5.92 Å². The van der Waals surface area contributed by atoms with Gasteiger partial charge in [0.25, 0.3) is 0 Å². The second-order valence-electron chi connectivity index (χ2n) is 9.67. The maximum Gasteiger partial charge on any atom is 0.304 e. The fourth-order valence-electron chi connectivity index (χ4n) is 7.47. The van der Waals surface area contributed by atoms with Gasteiger partial charge in [-0.3, -0.25) is 9.59 Å². The lowest BCUT2D eigenvalue weighted by Crippen LogP contribution is -2.57. The van der Waals surface area contributed by atoms with Gasteiger partial charge in [0.1, 0.15) is 0 Å². The van der Waals surface area contributed by atoms with Crippen molar-refractivity contribution < 1.29 is 23.1 Å². The van der Waals surface area contributed by atoms with E-state index in [1.54, 1.807) is 13.0 Å². The molecule has 5 heteroatoms. The molecule has 4 aliphatic rings. The van der Waals surface area contributed by atoms with Gasteiger partial charge < -0.3 is 4.74 Å². The minimum Gasteiger partial charge on any atom is -0.445 e. The zero-order valence-corrected chi connectivity index (χ0v) is 17.5. The van der Waals surface area contributed by atoms with Crippen molar-refractivity contribution >= 4 is 11.8 Å². The van der Waals surface area contributed by atoms with Gasteiger partial charge in [0.15, 0.2) is 11.4 Å². The van der Waals surface area contributed by atoms with E-state index in [9.17, 15) is 18.4 Å². The highest BCUT2D eigenvalue weighted by Gasteiger charge is 2.67. The van der Waals surface area contributed by atoms with Crippen LogP contribution in [0.5, 0.6) is 0 Å². The van der Waals surface area contributed by atoms with Gasteiger partial charge in [-0.2, -0.15) is 0 Å². The van der Waals surface area contributed by atoms with Gasteiger partial charge in [-0.1, -0.05) is 18.4 Å². The molecule has 0 aliphatic heterocycles. The number of ketones is 1. The first-order valence-electron chi connectivity index (χ1n) is 10.9. The van der Waals surface area contributed by atoms with Crippen LogP contribution in [0.3, 0.4) is 0 Å². The lowest BCUT2D eigenvalue weighted by Gasteiger charge is -2.58. The molecule has 4 rings (SSSR count). The summed E-state index contributed by atoms with van der Waals surface area (Å²) >= 11 is 0. The molecule has 0 aromatic carbocycles. The fourth-order valence-corrected chi connectivity index (χ4v) is 7.47. The average Bonchev–Trinajstić information content (AvgIpc) is 2.92. The van der Waals surface area contributed by atoms with Crippen molar-refractivity contribution in [2.45, 2.75) is 77.7 Å². The number of halogens is 2. The molecule has 3 nitrogen and oxygen atoms in total. The molecule has 158 valence electrons. The van der Waals surface area contributed by atoms with Crippen molar-refractivity contribution in [1.82, 2.24) is 0 Å². The van der Waals surface area contributed by atoms with E-state index in [2.05, 4.69) is 11.8 Å². The van der Waals surface area contributed by atoms with Crippen LogP contribution in [-0.4, -0.2) is 23.8 Å². The Bertz CT molecular complexity index is 807. The predicted molar refractivity (Wildman–Crippen MR) is 105 cm³/mol. The number of hydrogen-bond acceptors (Lipinski definition) is 3. The molecule has 0 spiro atoms. The fraction of sp³-hybridized carbons (Fsp3) is 0.750. The Labute approximate surface area is 171 Å². The highest BCUT2D eigenvalue weighted by molar-refractivity contribution is 5.91. The Morgan fingerprint density at radius 3 is 2.69 bits per heavy atom. The third-order valence-corrected chi connectivity index (χ3v) is 8.44. The minimum absolute atomic E-state index is 0.0935. The van der Waals surface area contributed by atoms with Crippen LogP contribution >= 0.6 is 0 Å². The monoisotopic (exact) mass is 404 g/mol. The largest absolute Gasteiger partial charge is 0.445 e. The first kappa shape index (κ1) is 20.6. The van der Waals surface area contributed by atoms with Crippen molar-refractivity contribution in [1.29, 1.82) is 0 Å². The van der Waals surface area contributed by atoms with E-state index in [0.29, 0.717) is 25.7 Å². The molecule has 4 aliphatic carbocycles. The van der Waals surface area contributed by atoms with Crippen LogP contribution < -0.4 is 0 Å².